The first-order valence-corrected chi connectivity index (χ1v) is 5.72. The first-order valence-electron chi connectivity index (χ1n) is 5.72. The molecule has 15 heavy (non-hydrogen) atoms. The van der Waals surface area contributed by atoms with Crippen molar-refractivity contribution in [1.82, 2.24) is 10.6 Å². The monoisotopic (exact) mass is 218 g/mol. The Hall–Kier alpha value is -0.640. The van der Waals surface area contributed by atoms with Gasteiger partial charge in [0.25, 0.3) is 5.91 Å². The zero-order valence-electron chi connectivity index (χ0n) is 10.2. The standard InChI is InChI=1S/C9H17FN2O.C2H6/c1-7(2)5-12-8(13)9(10)3-4-11-6-9;1-2/h7,11H,3-6H2,1-2H3,(H,12,13);1-2H3. The molecule has 0 aliphatic carbocycles. The van der Waals surface area contributed by atoms with Gasteiger partial charge in [-0.05, 0) is 12.5 Å². The fourth-order valence-corrected chi connectivity index (χ4v) is 1.31. The lowest BCUT2D eigenvalue weighted by molar-refractivity contribution is -0.131. The van der Waals surface area contributed by atoms with Crippen molar-refractivity contribution in [3.63, 3.8) is 0 Å². The summed E-state index contributed by atoms with van der Waals surface area (Å²) in [5, 5.41) is 5.46. The largest absolute Gasteiger partial charge is 0.353 e. The van der Waals surface area contributed by atoms with Crippen LogP contribution >= 0.6 is 0 Å². The molecule has 1 aliphatic rings. The average Bonchev–Trinajstić information content (AvgIpc) is 2.66. The minimum absolute atomic E-state index is 0.150. The van der Waals surface area contributed by atoms with Gasteiger partial charge in [0.2, 0.25) is 5.67 Å². The third-order valence-corrected chi connectivity index (χ3v) is 2.18. The minimum Gasteiger partial charge on any atom is -0.353 e. The normalized spacial score (nSPS) is 24.7. The van der Waals surface area contributed by atoms with Crippen LogP contribution < -0.4 is 10.6 Å². The zero-order valence-corrected chi connectivity index (χ0v) is 10.2. The summed E-state index contributed by atoms with van der Waals surface area (Å²) in [6, 6.07) is 0. The Morgan fingerprint density at radius 1 is 1.53 bits per heavy atom. The number of carbonyl (C=O) groups excluding carboxylic acids is 1. The molecule has 0 spiro atoms. The molecule has 1 amide bonds. The Morgan fingerprint density at radius 2 is 2.13 bits per heavy atom. The average molecular weight is 218 g/mol. The van der Waals surface area contributed by atoms with Crippen LogP contribution in [0.1, 0.15) is 34.1 Å². The van der Waals surface area contributed by atoms with E-state index in [4.69, 9.17) is 0 Å². The van der Waals surface area contributed by atoms with Gasteiger partial charge in [0.15, 0.2) is 0 Å². The lowest BCUT2D eigenvalue weighted by atomic mass is 10.0. The summed E-state index contributed by atoms with van der Waals surface area (Å²) in [4.78, 5) is 11.3. The molecule has 1 heterocycles. The Balaban J connectivity index is 0.000000921. The Morgan fingerprint density at radius 3 is 2.53 bits per heavy atom. The number of nitrogens with one attached hydrogen (secondary N) is 2. The van der Waals surface area contributed by atoms with Crippen LogP contribution in [-0.2, 0) is 4.79 Å². The van der Waals surface area contributed by atoms with Crippen molar-refractivity contribution in [2.24, 2.45) is 5.92 Å². The molecule has 2 N–H and O–H groups in total. The number of alkyl halides is 1. The van der Waals surface area contributed by atoms with Crippen molar-refractivity contribution in [3.05, 3.63) is 0 Å². The summed E-state index contributed by atoms with van der Waals surface area (Å²) in [5.74, 6) is -0.104. The first-order chi connectivity index (χ1) is 7.04. The van der Waals surface area contributed by atoms with E-state index in [2.05, 4.69) is 10.6 Å². The highest BCUT2D eigenvalue weighted by atomic mass is 19.1. The van der Waals surface area contributed by atoms with Gasteiger partial charge in [-0.15, -0.1) is 0 Å². The summed E-state index contributed by atoms with van der Waals surface area (Å²) < 4.78 is 13.7. The van der Waals surface area contributed by atoms with Crippen molar-refractivity contribution in [2.75, 3.05) is 19.6 Å². The number of hydrogen-bond donors (Lipinski definition) is 2. The van der Waals surface area contributed by atoms with E-state index in [-0.39, 0.29) is 13.0 Å². The van der Waals surface area contributed by atoms with E-state index < -0.39 is 11.6 Å². The zero-order chi connectivity index (χ0) is 11.9. The number of rotatable bonds is 3. The maximum absolute atomic E-state index is 13.7. The van der Waals surface area contributed by atoms with Crippen molar-refractivity contribution >= 4 is 5.91 Å². The lowest BCUT2D eigenvalue weighted by Crippen LogP contribution is -2.45. The third kappa shape index (κ3) is 4.60. The van der Waals surface area contributed by atoms with Gasteiger partial charge in [-0.3, -0.25) is 4.79 Å². The molecule has 1 aliphatic heterocycles. The molecule has 0 bridgehead atoms. The third-order valence-electron chi connectivity index (χ3n) is 2.18. The SMILES string of the molecule is CC.CC(C)CNC(=O)C1(F)CCNC1. The van der Waals surface area contributed by atoms with Crippen LogP contribution in [0.25, 0.3) is 0 Å². The van der Waals surface area contributed by atoms with E-state index >= 15 is 0 Å². The van der Waals surface area contributed by atoms with Gasteiger partial charge in [0.05, 0.1) is 0 Å². The predicted molar refractivity (Wildman–Crippen MR) is 60.5 cm³/mol. The summed E-state index contributed by atoms with van der Waals surface area (Å²) in [6.07, 6.45) is 0.289. The van der Waals surface area contributed by atoms with E-state index in [9.17, 15) is 9.18 Å². The van der Waals surface area contributed by atoms with E-state index in [0.29, 0.717) is 19.0 Å². The molecule has 1 fully saturated rings. The number of carbonyl (C=O) groups is 1. The fraction of sp³-hybridized carbons (Fsp3) is 0.909. The lowest BCUT2D eigenvalue weighted by Gasteiger charge is -2.18. The van der Waals surface area contributed by atoms with Crippen molar-refractivity contribution in [1.29, 1.82) is 0 Å². The Bertz CT molecular complexity index is 189. The second kappa shape index (κ2) is 6.77. The summed E-state index contributed by atoms with van der Waals surface area (Å²) in [7, 11) is 0. The molecule has 0 radical (unpaired) electrons. The molecule has 0 aromatic rings. The highest BCUT2D eigenvalue weighted by molar-refractivity contribution is 5.85. The van der Waals surface area contributed by atoms with Gasteiger partial charge in [0.1, 0.15) is 0 Å². The smallest absolute Gasteiger partial charge is 0.259 e. The van der Waals surface area contributed by atoms with Crippen LogP contribution in [0, 0.1) is 5.92 Å². The fourth-order valence-electron chi connectivity index (χ4n) is 1.31. The molecule has 1 saturated heterocycles. The maximum atomic E-state index is 13.7. The topological polar surface area (TPSA) is 41.1 Å². The number of halogens is 1. The predicted octanol–water partition coefficient (Wildman–Crippen LogP) is 1.49. The highest BCUT2D eigenvalue weighted by Crippen LogP contribution is 2.19. The second-order valence-electron chi connectivity index (χ2n) is 4.00. The van der Waals surface area contributed by atoms with Crippen molar-refractivity contribution in [2.45, 2.75) is 39.8 Å². The second-order valence-corrected chi connectivity index (χ2v) is 4.00. The molecule has 1 unspecified atom stereocenters. The van der Waals surface area contributed by atoms with E-state index in [0.717, 1.165) is 0 Å². The van der Waals surface area contributed by atoms with Gasteiger partial charge in [-0.2, -0.15) is 0 Å². The van der Waals surface area contributed by atoms with Gasteiger partial charge in [-0.1, -0.05) is 27.7 Å². The molecule has 1 rings (SSSR count). The minimum atomic E-state index is -1.67. The van der Waals surface area contributed by atoms with E-state index in [1.807, 2.05) is 27.7 Å². The maximum Gasteiger partial charge on any atom is 0.259 e. The van der Waals surface area contributed by atoms with Crippen LogP contribution in [0.2, 0.25) is 0 Å². The molecule has 3 nitrogen and oxygen atoms in total. The molecule has 0 aromatic carbocycles. The van der Waals surface area contributed by atoms with Crippen molar-refractivity contribution in [3.8, 4) is 0 Å². The molecule has 1 atom stereocenters. The van der Waals surface area contributed by atoms with Crippen molar-refractivity contribution < 1.29 is 9.18 Å². The van der Waals surface area contributed by atoms with Crippen LogP contribution in [0.3, 0.4) is 0 Å². The Kier molecular flexibility index (Phi) is 6.48. The van der Waals surface area contributed by atoms with Crippen LogP contribution in [-0.4, -0.2) is 31.2 Å². The van der Waals surface area contributed by atoms with E-state index in [1.54, 1.807) is 0 Å². The summed E-state index contributed by atoms with van der Waals surface area (Å²) in [5.41, 5.74) is -1.67. The van der Waals surface area contributed by atoms with Crippen LogP contribution in [0.5, 0.6) is 0 Å². The molecular formula is C11H23FN2O. The quantitative estimate of drug-likeness (QED) is 0.753. The summed E-state index contributed by atoms with van der Waals surface area (Å²) >= 11 is 0. The summed E-state index contributed by atoms with van der Waals surface area (Å²) in [6.45, 7) is 9.25. The number of hydrogen-bond acceptors (Lipinski definition) is 2. The molecular weight excluding hydrogens is 195 g/mol. The first kappa shape index (κ1) is 14.4. The number of amides is 1. The van der Waals surface area contributed by atoms with Crippen LogP contribution in [0.4, 0.5) is 4.39 Å². The molecule has 90 valence electrons. The molecule has 0 aromatic heterocycles. The highest BCUT2D eigenvalue weighted by Gasteiger charge is 2.41. The van der Waals surface area contributed by atoms with Gasteiger partial charge in [-0.25, -0.2) is 4.39 Å². The molecule has 4 heteroatoms. The van der Waals surface area contributed by atoms with Gasteiger partial charge in [0, 0.05) is 19.5 Å². The van der Waals surface area contributed by atoms with Gasteiger partial charge < -0.3 is 10.6 Å². The van der Waals surface area contributed by atoms with Crippen LogP contribution in [0.15, 0.2) is 0 Å². The van der Waals surface area contributed by atoms with Gasteiger partial charge >= 0.3 is 0 Å². The molecule has 0 saturated carbocycles. The van der Waals surface area contributed by atoms with E-state index in [1.165, 1.54) is 0 Å². The Labute approximate surface area is 91.8 Å².